The van der Waals surface area contributed by atoms with Gasteiger partial charge < -0.3 is 0 Å². The number of aryl methyl sites for hydroxylation is 1. The van der Waals surface area contributed by atoms with E-state index in [-0.39, 0.29) is 22.1 Å². The van der Waals surface area contributed by atoms with E-state index in [4.69, 9.17) is 0 Å². The molecule has 0 saturated heterocycles. The van der Waals surface area contributed by atoms with Gasteiger partial charge in [-0.25, -0.2) is 14.8 Å². The normalized spacial score (nSPS) is 12.9. The Morgan fingerprint density at radius 2 is 1.36 bits per heavy atom. The summed E-state index contributed by atoms with van der Waals surface area (Å²) in [7, 11) is 3.12. The Morgan fingerprint density at radius 3 is 1.82 bits per heavy atom. The van der Waals surface area contributed by atoms with E-state index in [9.17, 15) is 9.59 Å². The molecule has 0 saturated carbocycles. The molecule has 0 spiro atoms. The third kappa shape index (κ3) is 2.46. The SMILES string of the molecule is Cn1c(=O)c2c(C(C)(C)C)nc(C(C)(C)C)nc2n(C)c1=O. The van der Waals surface area contributed by atoms with E-state index in [2.05, 4.69) is 9.97 Å². The molecule has 0 fully saturated rings. The largest absolute Gasteiger partial charge is 0.332 e. The second kappa shape index (κ2) is 4.76. The van der Waals surface area contributed by atoms with E-state index in [0.717, 1.165) is 4.57 Å². The van der Waals surface area contributed by atoms with Gasteiger partial charge in [-0.2, -0.15) is 0 Å². The fraction of sp³-hybridized carbons (Fsp3) is 0.625. The van der Waals surface area contributed by atoms with E-state index in [1.54, 1.807) is 7.05 Å². The maximum atomic E-state index is 12.6. The Hall–Kier alpha value is -1.98. The van der Waals surface area contributed by atoms with Gasteiger partial charge in [0.1, 0.15) is 11.2 Å². The van der Waals surface area contributed by atoms with Crippen molar-refractivity contribution >= 4 is 11.0 Å². The number of aromatic nitrogens is 4. The number of fused-ring (bicyclic) bond motifs is 1. The molecule has 0 radical (unpaired) electrons. The maximum absolute atomic E-state index is 12.6. The third-order valence-corrected chi connectivity index (χ3v) is 3.68. The molecule has 0 bridgehead atoms. The van der Waals surface area contributed by atoms with Crippen LogP contribution in [0.15, 0.2) is 9.59 Å². The highest BCUT2D eigenvalue weighted by Crippen LogP contribution is 2.28. The summed E-state index contributed by atoms with van der Waals surface area (Å²) < 4.78 is 2.53. The lowest BCUT2D eigenvalue weighted by molar-refractivity contribution is 0.516. The van der Waals surface area contributed by atoms with E-state index >= 15 is 0 Å². The highest BCUT2D eigenvalue weighted by Gasteiger charge is 2.28. The molecule has 2 aromatic heterocycles. The van der Waals surface area contributed by atoms with Crippen LogP contribution < -0.4 is 11.2 Å². The van der Waals surface area contributed by atoms with Crippen LogP contribution >= 0.6 is 0 Å². The summed E-state index contributed by atoms with van der Waals surface area (Å²) >= 11 is 0. The fourth-order valence-corrected chi connectivity index (χ4v) is 2.34. The molecule has 0 unspecified atom stereocenters. The summed E-state index contributed by atoms with van der Waals surface area (Å²) in [4.78, 5) is 34.0. The summed E-state index contributed by atoms with van der Waals surface area (Å²) in [6.45, 7) is 12.1. The van der Waals surface area contributed by atoms with Crippen molar-refractivity contribution in [2.75, 3.05) is 0 Å². The first-order chi connectivity index (χ1) is 9.85. The number of rotatable bonds is 0. The lowest BCUT2D eigenvalue weighted by Gasteiger charge is -2.24. The average Bonchev–Trinajstić information content (AvgIpc) is 2.39. The van der Waals surface area contributed by atoms with Crippen LogP contribution in [0.3, 0.4) is 0 Å². The number of hydrogen-bond donors (Lipinski definition) is 0. The highest BCUT2D eigenvalue weighted by atomic mass is 16.2. The van der Waals surface area contributed by atoms with Crippen molar-refractivity contribution in [2.24, 2.45) is 14.1 Å². The van der Waals surface area contributed by atoms with Crippen LogP contribution in [-0.4, -0.2) is 19.1 Å². The van der Waals surface area contributed by atoms with Crippen molar-refractivity contribution in [3.8, 4) is 0 Å². The number of hydrogen-bond acceptors (Lipinski definition) is 4. The second-order valence-corrected chi connectivity index (χ2v) is 7.80. The van der Waals surface area contributed by atoms with Crippen LogP contribution in [0.25, 0.3) is 11.0 Å². The second-order valence-electron chi connectivity index (χ2n) is 7.80. The van der Waals surface area contributed by atoms with Crippen LogP contribution in [0.5, 0.6) is 0 Å². The minimum Gasteiger partial charge on any atom is -0.280 e. The first-order valence-corrected chi connectivity index (χ1v) is 7.34. The molecule has 2 rings (SSSR count). The Labute approximate surface area is 129 Å². The van der Waals surface area contributed by atoms with Crippen molar-refractivity contribution in [2.45, 2.75) is 52.4 Å². The summed E-state index contributed by atoms with van der Waals surface area (Å²) in [5.74, 6) is 0.633. The monoisotopic (exact) mass is 304 g/mol. The molecule has 0 N–H and O–H groups in total. The summed E-state index contributed by atoms with van der Waals surface area (Å²) in [6, 6.07) is 0. The van der Waals surface area contributed by atoms with Gasteiger partial charge in [0.2, 0.25) is 0 Å². The molecule has 22 heavy (non-hydrogen) atoms. The molecule has 0 aliphatic heterocycles. The summed E-state index contributed by atoms with van der Waals surface area (Å²) in [5, 5.41) is 0.421. The standard InChI is InChI=1S/C16H24N4O2/c1-15(2,3)10-9-11(18-13(17-10)16(4,5)6)19(7)14(22)20(8)12(9)21/h1-8H3. The lowest BCUT2D eigenvalue weighted by Crippen LogP contribution is -2.39. The minimum atomic E-state index is -0.379. The van der Waals surface area contributed by atoms with Crippen LogP contribution in [0.4, 0.5) is 0 Å². The molecule has 120 valence electrons. The third-order valence-electron chi connectivity index (χ3n) is 3.68. The quantitative estimate of drug-likeness (QED) is 0.741. The van der Waals surface area contributed by atoms with Crippen molar-refractivity contribution < 1.29 is 0 Å². The average molecular weight is 304 g/mol. The first-order valence-electron chi connectivity index (χ1n) is 7.34. The van der Waals surface area contributed by atoms with Gasteiger partial charge >= 0.3 is 5.69 Å². The van der Waals surface area contributed by atoms with Crippen LogP contribution in [0.2, 0.25) is 0 Å². The van der Waals surface area contributed by atoms with Crippen molar-refractivity contribution in [3.63, 3.8) is 0 Å². The lowest BCUT2D eigenvalue weighted by atomic mass is 9.88. The topological polar surface area (TPSA) is 69.8 Å². The van der Waals surface area contributed by atoms with Crippen LogP contribution in [-0.2, 0) is 24.9 Å². The zero-order valence-electron chi connectivity index (χ0n) is 14.6. The summed E-state index contributed by atoms with van der Waals surface area (Å²) in [5.41, 5.74) is -0.244. The van der Waals surface area contributed by atoms with E-state index in [1.165, 1.54) is 11.6 Å². The van der Waals surface area contributed by atoms with Gasteiger partial charge in [0.15, 0.2) is 5.65 Å². The molecule has 0 aromatic carbocycles. The smallest absolute Gasteiger partial charge is 0.280 e. The Kier molecular flexibility index (Phi) is 3.55. The predicted molar refractivity (Wildman–Crippen MR) is 87.4 cm³/mol. The zero-order valence-corrected chi connectivity index (χ0v) is 14.6. The zero-order chi connectivity index (χ0) is 17.0. The van der Waals surface area contributed by atoms with Gasteiger partial charge in [0, 0.05) is 24.9 Å². The van der Waals surface area contributed by atoms with E-state index < -0.39 is 0 Å². The van der Waals surface area contributed by atoms with Crippen molar-refractivity contribution in [1.82, 2.24) is 19.1 Å². The molecule has 0 aliphatic rings. The molecule has 6 heteroatoms. The maximum Gasteiger partial charge on any atom is 0.332 e. The summed E-state index contributed by atoms with van der Waals surface area (Å²) in [6.07, 6.45) is 0. The van der Waals surface area contributed by atoms with E-state index in [0.29, 0.717) is 22.6 Å². The molecule has 0 amide bonds. The predicted octanol–water partition coefficient (Wildman–Crippen LogP) is 1.62. The van der Waals surface area contributed by atoms with Crippen molar-refractivity contribution in [3.05, 3.63) is 32.4 Å². The molecule has 0 atom stereocenters. The van der Waals surface area contributed by atoms with Crippen molar-refractivity contribution in [1.29, 1.82) is 0 Å². The van der Waals surface area contributed by atoms with Gasteiger partial charge in [-0.1, -0.05) is 41.5 Å². The molecule has 6 nitrogen and oxygen atoms in total. The molecule has 2 aromatic rings. The minimum absolute atomic E-state index is 0.273. The Bertz CT molecular complexity index is 861. The van der Waals surface area contributed by atoms with Gasteiger partial charge in [-0.3, -0.25) is 13.9 Å². The Morgan fingerprint density at radius 1 is 0.818 bits per heavy atom. The molecule has 0 aliphatic carbocycles. The van der Waals surface area contributed by atoms with Gasteiger partial charge in [-0.05, 0) is 0 Å². The molecular weight excluding hydrogens is 280 g/mol. The first kappa shape index (κ1) is 16.4. The number of nitrogens with zero attached hydrogens (tertiary/aromatic N) is 4. The van der Waals surface area contributed by atoms with Gasteiger partial charge in [0.05, 0.1) is 5.69 Å². The highest BCUT2D eigenvalue weighted by molar-refractivity contribution is 5.77. The van der Waals surface area contributed by atoms with Crippen LogP contribution in [0.1, 0.15) is 53.1 Å². The van der Waals surface area contributed by atoms with Gasteiger partial charge in [-0.15, -0.1) is 0 Å². The molecular formula is C16H24N4O2. The van der Waals surface area contributed by atoms with E-state index in [1.807, 2.05) is 41.5 Å². The van der Waals surface area contributed by atoms with Gasteiger partial charge in [0.25, 0.3) is 5.56 Å². The fourth-order valence-electron chi connectivity index (χ4n) is 2.34. The Balaban J connectivity index is 3.16. The van der Waals surface area contributed by atoms with Crippen LogP contribution in [0, 0.1) is 0 Å². The molecule has 2 heterocycles.